The zero-order chi connectivity index (χ0) is 20.3. The number of rotatable bonds is 5. The van der Waals surface area contributed by atoms with E-state index in [1.165, 1.54) is 4.31 Å². The Morgan fingerprint density at radius 2 is 1.79 bits per heavy atom. The number of hydrogen-bond donors (Lipinski definition) is 1. The second kappa shape index (κ2) is 8.64. The third-order valence-corrected chi connectivity index (χ3v) is 7.27. The van der Waals surface area contributed by atoms with E-state index in [-0.39, 0.29) is 29.3 Å². The van der Waals surface area contributed by atoms with E-state index in [0.29, 0.717) is 24.4 Å². The van der Waals surface area contributed by atoms with Crippen molar-refractivity contribution in [1.29, 1.82) is 0 Å². The molecule has 150 valence electrons. The van der Waals surface area contributed by atoms with Crippen LogP contribution in [0.15, 0.2) is 53.4 Å². The predicted octanol–water partition coefficient (Wildman–Crippen LogP) is 3.93. The average molecular weight is 421 g/mol. The summed E-state index contributed by atoms with van der Waals surface area (Å²) in [5.74, 6) is -0.477. The lowest BCUT2D eigenvalue weighted by molar-refractivity contribution is -0.126. The van der Waals surface area contributed by atoms with Crippen LogP contribution >= 0.6 is 11.6 Å². The van der Waals surface area contributed by atoms with Gasteiger partial charge in [-0.1, -0.05) is 41.4 Å². The summed E-state index contributed by atoms with van der Waals surface area (Å²) < 4.78 is 27.3. The van der Waals surface area contributed by atoms with Gasteiger partial charge >= 0.3 is 0 Å². The number of nitrogens with zero attached hydrogens (tertiary/aromatic N) is 1. The molecule has 0 saturated carbocycles. The van der Waals surface area contributed by atoms with Gasteiger partial charge in [0, 0.05) is 18.1 Å². The molecular weight excluding hydrogens is 396 g/mol. The molecule has 0 spiro atoms. The number of benzene rings is 2. The largest absolute Gasteiger partial charge is 0.349 e. The molecule has 1 N–H and O–H groups in total. The van der Waals surface area contributed by atoms with Crippen molar-refractivity contribution in [1.82, 2.24) is 9.62 Å². The zero-order valence-corrected chi connectivity index (χ0v) is 17.6. The van der Waals surface area contributed by atoms with Gasteiger partial charge in [-0.25, -0.2) is 8.42 Å². The molecule has 3 rings (SSSR count). The number of amides is 1. The Kier molecular flexibility index (Phi) is 6.43. The number of sulfonamides is 1. The Morgan fingerprint density at radius 3 is 2.43 bits per heavy atom. The van der Waals surface area contributed by atoms with Crippen LogP contribution in [0.1, 0.15) is 36.9 Å². The van der Waals surface area contributed by atoms with Crippen molar-refractivity contribution in [3.63, 3.8) is 0 Å². The number of carbonyl (C=O) groups excluding carboxylic acids is 1. The van der Waals surface area contributed by atoms with Crippen molar-refractivity contribution in [3.8, 4) is 0 Å². The molecule has 1 fully saturated rings. The van der Waals surface area contributed by atoms with Gasteiger partial charge in [-0.2, -0.15) is 4.31 Å². The van der Waals surface area contributed by atoms with Crippen LogP contribution in [0.3, 0.4) is 0 Å². The molecule has 0 radical (unpaired) electrons. The van der Waals surface area contributed by atoms with Crippen molar-refractivity contribution in [2.75, 3.05) is 13.1 Å². The molecule has 0 aliphatic carbocycles. The Hall–Kier alpha value is -1.89. The van der Waals surface area contributed by atoms with Gasteiger partial charge in [0.25, 0.3) is 0 Å². The Morgan fingerprint density at radius 1 is 1.14 bits per heavy atom. The van der Waals surface area contributed by atoms with Crippen LogP contribution in [0.25, 0.3) is 0 Å². The van der Waals surface area contributed by atoms with Gasteiger partial charge in [0.15, 0.2) is 0 Å². The van der Waals surface area contributed by atoms with Gasteiger partial charge in [-0.15, -0.1) is 0 Å². The summed E-state index contributed by atoms with van der Waals surface area (Å²) >= 11 is 5.91. The molecule has 1 amide bonds. The Bertz CT molecular complexity index is 927. The molecule has 5 nitrogen and oxygen atoms in total. The van der Waals surface area contributed by atoms with Crippen LogP contribution in [0, 0.1) is 12.8 Å². The molecule has 1 aliphatic rings. The first-order valence-corrected chi connectivity index (χ1v) is 11.2. The van der Waals surface area contributed by atoms with Gasteiger partial charge in [0.2, 0.25) is 15.9 Å². The van der Waals surface area contributed by atoms with Crippen molar-refractivity contribution >= 4 is 27.5 Å². The van der Waals surface area contributed by atoms with Crippen molar-refractivity contribution in [3.05, 3.63) is 64.7 Å². The minimum Gasteiger partial charge on any atom is -0.349 e. The van der Waals surface area contributed by atoms with Crippen molar-refractivity contribution in [2.45, 2.75) is 37.6 Å². The third kappa shape index (κ3) is 4.74. The lowest BCUT2D eigenvalue weighted by atomic mass is 9.98. The summed E-state index contributed by atoms with van der Waals surface area (Å²) in [6.45, 7) is 4.46. The molecule has 0 unspecified atom stereocenters. The van der Waals surface area contributed by atoms with Crippen molar-refractivity contribution in [2.24, 2.45) is 5.92 Å². The highest BCUT2D eigenvalue weighted by molar-refractivity contribution is 7.89. The first-order chi connectivity index (χ1) is 13.3. The molecule has 2 aromatic carbocycles. The quantitative estimate of drug-likeness (QED) is 0.796. The summed E-state index contributed by atoms with van der Waals surface area (Å²) in [7, 11) is -3.59. The molecule has 7 heteroatoms. The minimum atomic E-state index is -3.59. The predicted molar refractivity (Wildman–Crippen MR) is 111 cm³/mol. The van der Waals surface area contributed by atoms with E-state index in [4.69, 9.17) is 11.6 Å². The lowest BCUT2D eigenvalue weighted by Crippen LogP contribution is -2.45. The van der Waals surface area contributed by atoms with Crippen LogP contribution in [0.5, 0.6) is 0 Å². The van der Waals surface area contributed by atoms with E-state index < -0.39 is 10.0 Å². The number of nitrogens with one attached hydrogen (secondary N) is 1. The van der Waals surface area contributed by atoms with Gasteiger partial charge in [0.1, 0.15) is 0 Å². The summed E-state index contributed by atoms with van der Waals surface area (Å²) in [5.41, 5.74) is 1.96. The van der Waals surface area contributed by atoms with Crippen LogP contribution in [-0.4, -0.2) is 31.7 Å². The molecule has 2 atom stereocenters. The third-order valence-electron chi connectivity index (χ3n) is 5.14. The zero-order valence-electron chi connectivity index (χ0n) is 16.1. The fourth-order valence-electron chi connectivity index (χ4n) is 3.40. The molecule has 1 saturated heterocycles. The monoisotopic (exact) mass is 420 g/mol. The summed E-state index contributed by atoms with van der Waals surface area (Å²) in [6.07, 6.45) is 1.34. The van der Waals surface area contributed by atoms with E-state index in [2.05, 4.69) is 5.32 Å². The highest BCUT2D eigenvalue weighted by atomic mass is 35.5. The van der Waals surface area contributed by atoms with Crippen LogP contribution in [0.2, 0.25) is 5.02 Å². The second-order valence-electron chi connectivity index (χ2n) is 7.30. The molecule has 1 heterocycles. The van der Waals surface area contributed by atoms with Crippen LogP contribution in [-0.2, 0) is 14.8 Å². The van der Waals surface area contributed by atoms with E-state index in [1.54, 1.807) is 36.4 Å². The average Bonchev–Trinajstić information content (AvgIpc) is 2.69. The maximum absolute atomic E-state index is 12.9. The molecular formula is C21H25ClN2O3S. The highest BCUT2D eigenvalue weighted by Gasteiger charge is 2.33. The first kappa shape index (κ1) is 20.8. The first-order valence-electron chi connectivity index (χ1n) is 9.40. The number of piperidine rings is 1. The van der Waals surface area contributed by atoms with E-state index in [0.717, 1.165) is 11.1 Å². The molecule has 0 aromatic heterocycles. The smallest absolute Gasteiger partial charge is 0.243 e. The van der Waals surface area contributed by atoms with E-state index in [9.17, 15) is 13.2 Å². The normalized spacial score (nSPS) is 19.2. The summed E-state index contributed by atoms with van der Waals surface area (Å²) in [5, 5.41) is 3.65. The molecule has 1 aliphatic heterocycles. The van der Waals surface area contributed by atoms with Crippen LogP contribution < -0.4 is 5.32 Å². The molecule has 28 heavy (non-hydrogen) atoms. The number of carbonyl (C=O) groups is 1. The fourth-order valence-corrected chi connectivity index (χ4v) is 5.05. The van der Waals surface area contributed by atoms with Gasteiger partial charge in [-0.05, 0) is 56.5 Å². The Labute approximate surface area is 171 Å². The number of hydrogen-bond acceptors (Lipinski definition) is 3. The number of halogens is 1. The maximum atomic E-state index is 12.9. The standard InChI is InChI=1S/C21H25ClN2O3S/c1-15-5-11-20(12-6-15)28(26,27)24-13-3-4-18(14-24)21(25)23-16(2)17-7-9-19(22)10-8-17/h5-12,16,18H,3-4,13-14H2,1-2H3,(H,23,25)/t16-,18-/m1/s1. The fraction of sp³-hybridized carbons (Fsp3) is 0.381. The van der Waals surface area contributed by atoms with Crippen molar-refractivity contribution < 1.29 is 13.2 Å². The summed E-state index contributed by atoms with van der Waals surface area (Å²) in [4.78, 5) is 13.0. The SMILES string of the molecule is Cc1ccc(S(=O)(=O)N2CCC[C@@H](C(=O)N[C@H](C)c3ccc(Cl)cc3)C2)cc1. The second-order valence-corrected chi connectivity index (χ2v) is 9.67. The van der Waals surface area contributed by atoms with Gasteiger partial charge in [0.05, 0.1) is 16.9 Å². The van der Waals surface area contributed by atoms with E-state index in [1.807, 2.05) is 26.0 Å². The molecule has 2 aromatic rings. The van der Waals surface area contributed by atoms with Gasteiger partial charge in [-0.3, -0.25) is 4.79 Å². The summed E-state index contributed by atoms with van der Waals surface area (Å²) in [6, 6.07) is 14.0. The number of aryl methyl sites for hydroxylation is 1. The van der Waals surface area contributed by atoms with Gasteiger partial charge < -0.3 is 5.32 Å². The Balaban J connectivity index is 1.67. The molecule has 0 bridgehead atoms. The minimum absolute atomic E-state index is 0.119. The maximum Gasteiger partial charge on any atom is 0.243 e. The van der Waals surface area contributed by atoms with E-state index >= 15 is 0 Å². The lowest BCUT2D eigenvalue weighted by Gasteiger charge is -2.32. The topological polar surface area (TPSA) is 66.5 Å². The van der Waals surface area contributed by atoms with Crippen LogP contribution in [0.4, 0.5) is 0 Å². The highest BCUT2D eigenvalue weighted by Crippen LogP contribution is 2.25.